The predicted octanol–water partition coefficient (Wildman–Crippen LogP) is -0.715. The summed E-state index contributed by atoms with van der Waals surface area (Å²) in [6, 6.07) is 0. The molecule has 2 heterocycles. The largest absolute Gasteiger partial charge is 0.481 e. The van der Waals surface area contributed by atoms with Gasteiger partial charge in [-0.1, -0.05) is 0 Å². The second-order valence-corrected chi connectivity index (χ2v) is 5.36. The van der Waals surface area contributed by atoms with Crippen LogP contribution < -0.4 is 5.32 Å². The lowest BCUT2D eigenvalue weighted by Crippen LogP contribution is -2.53. The smallest absolute Gasteiger partial charge is 0.307 e. The van der Waals surface area contributed by atoms with Crippen LogP contribution in [0.3, 0.4) is 0 Å². The molecule has 2 saturated heterocycles. The Labute approximate surface area is 79.2 Å². The van der Waals surface area contributed by atoms with Gasteiger partial charge >= 0.3 is 5.97 Å². The van der Waals surface area contributed by atoms with Crippen LogP contribution in [0, 0.1) is 17.8 Å². The standard InChI is InChI=1S/C8H13NO3S/c10-8(11)7-5-1-9-2-6(7)4-13(12)3-5/h5-7,9H,1-4H2,(H,10,11). The second kappa shape index (κ2) is 3.38. The van der Waals surface area contributed by atoms with Crippen molar-refractivity contribution in [3.05, 3.63) is 0 Å². The highest BCUT2D eigenvalue weighted by Gasteiger charge is 2.43. The zero-order valence-corrected chi connectivity index (χ0v) is 8.05. The summed E-state index contributed by atoms with van der Waals surface area (Å²) in [4.78, 5) is 10.9. The Kier molecular flexibility index (Phi) is 2.38. The van der Waals surface area contributed by atoms with Gasteiger partial charge in [0.2, 0.25) is 0 Å². The molecule has 2 bridgehead atoms. The maximum atomic E-state index is 11.3. The van der Waals surface area contributed by atoms with E-state index in [0.717, 1.165) is 0 Å². The molecule has 0 aromatic rings. The second-order valence-electron chi connectivity index (χ2n) is 3.82. The van der Waals surface area contributed by atoms with E-state index in [0.29, 0.717) is 24.6 Å². The fourth-order valence-corrected chi connectivity index (χ4v) is 4.11. The summed E-state index contributed by atoms with van der Waals surface area (Å²) in [6.45, 7) is 1.42. The third-order valence-electron chi connectivity index (χ3n) is 2.91. The van der Waals surface area contributed by atoms with E-state index < -0.39 is 16.8 Å². The molecule has 13 heavy (non-hydrogen) atoms. The van der Waals surface area contributed by atoms with Crippen LogP contribution in [-0.2, 0) is 15.6 Å². The quantitative estimate of drug-likeness (QED) is 0.590. The number of carboxylic acid groups (broad SMARTS) is 1. The average Bonchev–Trinajstić information content (AvgIpc) is 2.01. The highest BCUT2D eigenvalue weighted by Crippen LogP contribution is 2.31. The fourth-order valence-electron chi connectivity index (χ4n) is 2.37. The lowest BCUT2D eigenvalue weighted by atomic mass is 9.80. The molecule has 0 amide bonds. The molecule has 2 unspecified atom stereocenters. The summed E-state index contributed by atoms with van der Waals surface area (Å²) in [5.74, 6) is 0.282. The molecule has 0 aromatic carbocycles. The van der Waals surface area contributed by atoms with Crippen molar-refractivity contribution in [3.63, 3.8) is 0 Å². The molecule has 0 spiro atoms. The Morgan fingerprint density at radius 1 is 1.31 bits per heavy atom. The topological polar surface area (TPSA) is 66.4 Å². The number of hydrogen-bond donors (Lipinski definition) is 2. The van der Waals surface area contributed by atoms with Crippen molar-refractivity contribution in [2.24, 2.45) is 17.8 Å². The van der Waals surface area contributed by atoms with Crippen molar-refractivity contribution in [1.82, 2.24) is 5.32 Å². The minimum Gasteiger partial charge on any atom is -0.481 e. The van der Waals surface area contributed by atoms with Gasteiger partial charge in [0, 0.05) is 22.3 Å². The van der Waals surface area contributed by atoms with Crippen LogP contribution in [0.2, 0.25) is 0 Å². The van der Waals surface area contributed by atoms with Gasteiger partial charge in [-0.15, -0.1) is 0 Å². The van der Waals surface area contributed by atoms with Gasteiger partial charge < -0.3 is 10.4 Å². The zero-order chi connectivity index (χ0) is 9.42. The van der Waals surface area contributed by atoms with Gasteiger partial charge in [-0.25, -0.2) is 0 Å². The first-order valence-corrected chi connectivity index (χ1v) is 5.96. The Balaban J connectivity index is 2.19. The van der Waals surface area contributed by atoms with Crippen LogP contribution in [-0.4, -0.2) is 39.9 Å². The molecular formula is C8H13NO3S. The number of hydrogen-bond acceptors (Lipinski definition) is 3. The molecule has 2 aliphatic rings. The summed E-state index contributed by atoms with van der Waals surface area (Å²) < 4.78 is 11.3. The van der Waals surface area contributed by atoms with E-state index in [1.807, 2.05) is 0 Å². The first-order chi connectivity index (χ1) is 6.18. The molecule has 2 atom stereocenters. The molecule has 0 saturated carbocycles. The third-order valence-corrected chi connectivity index (χ3v) is 4.51. The number of aliphatic carboxylic acids is 1. The monoisotopic (exact) mass is 203 g/mol. The van der Waals surface area contributed by atoms with Gasteiger partial charge in [0.05, 0.1) is 5.92 Å². The number of nitrogens with one attached hydrogen (secondary N) is 1. The summed E-state index contributed by atoms with van der Waals surface area (Å²) in [7, 11) is -0.790. The number of piperidine rings is 1. The van der Waals surface area contributed by atoms with Gasteiger partial charge in [-0.05, 0) is 24.9 Å². The zero-order valence-electron chi connectivity index (χ0n) is 7.23. The SMILES string of the molecule is O=C(O)C1C2CNCC1CS(=O)C2. The lowest BCUT2D eigenvalue weighted by Gasteiger charge is -2.39. The van der Waals surface area contributed by atoms with E-state index in [1.165, 1.54) is 0 Å². The van der Waals surface area contributed by atoms with E-state index in [9.17, 15) is 9.00 Å². The van der Waals surface area contributed by atoms with Crippen molar-refractivity contribution in [1.29, 1.82) is 0 Å². The maximum Gasteiger partial charge on any atom is 0.307 e. The van der Waals surface area contributed by atoms with Gasteiger partial charge in [0.1, 0.15) is 0 Å². The Morgan fingerprint density at radius 3 is 2.31 bits per heavy atom. The molecule has 74 valence electrons. The molecule has 2 fully saturated rings. The van der Waals surface area contributed by atoms with Crippen LogP contribution in [0.4, 0.5) is 0 Å². The molecule has 2 rings (SSSR count). The minimum atomic E-state index is -0.790. The Morgan fingerprint density at radius 2 is 1.85 bits per heavy atom. The van der Waals surface area contributed by atoms with Gasteiger partial charge in [0.15, 0.2) is 0 Å². The molecule has 0 aromatic heterocycles. The van der Waals surface area contributed by atoms with E-state index in [1.54, 1.807) is 0 Å². The number of rotatable bonds is 1. The highest BCUT2D eigenvalue weighted by atomic mass is 32.2. The van der Waals surface area contributed by atoms with E-state index in [2.05, 4.69) is 5.32 Å². The van der Waals surface area contributed by atoms with E-state index >= 15 is 0 Å². The van der Waals surface area contributed by atoms with Crippen LogP contribution in [0.15, 0.2) is 0 Å². The van der Waals surface area contributed by atoms with Gasteiger partial charge in [0.25, 0.3) is 0 Å². The van der Waals surface area contributed by atoms with Crippen LogP contribution in [0.25, 0.3) is 0 Å². The molecule has 5 heteroatoms. The molecule has 4 nitrogen and oxygen atoms in total. The van der Waals surface area contributed by atoms with Gasteiger partial charge in [-0.3, -0.25) is 9.00 Å². The molecule has 2 N–H and O–H groups in total. The number of fused-ring (bicyclic) bond motifs is 2. The normalized spacial score (nSPS) is 44.3. The fraction of sp³-hybridized carbons (Fsp3) is 0.875. The minimum absolute atomic E-state index is 0.0748. The van der Waals surface area contributed by atoms with Crippen molar-refractivity contribution in [2.45, 2.75) is 0 Å². The van der Waals surface area contributed by atoms with E-state index in [4.69, 9.17) is 5.11 Å². The lowest BCUT2D eigenvalue weighted by molar-refractivity contribution is -0.146. The van der Waals surface area contributed by atoms with Crippen molar-refractivity contribution < 1.29 is 14.1 Å². The van der Waals surface area contributed by atoms with Gasteiger partial charge in [-0.2, -0.15) is 0 Å². The Hall–Kier alpha value is -0.420. The molecule has 0 aliphatic carbocycles. The average molecular weight is 203 g/mol. The highest BCUT2D eigenvalue weighted by molar-refractivity contribution is 7.85. The van der Waals surface area contributed by atoms with Crippen LogP contribution in [0.5, 0.6) is 0 Å². The molecule has 2 aliphatic heterocycles. The van der Waals surface area contributed by atoms with Crippen molar-refractivity contribution in [2.75, 3.05) is 24.6 Å². The summed E-state index contributed by atoms with van der Waals surface area (Å²) >= 11 is 0. The summed E-state index contributed by atoms with van der Waals surface area (Å²) in [6.07, 6.45) is 0. The maximum absolute atomic E-state index is 11.3. The van der Waals surface area contributed by atoms with E-state index in [-0.39, 0.29) is 17.8 Å². The third kappa shape index (κ3) is 1.62. The van der Waals surface area contributed by atoms with Crippen LogP contribution in [0.1, 0.15) is 0 Å². The van der Waals surface area contributed by atoms with Crippen molar-refractivity contribution >= 4 is 16.8 Å². The first kappa shape index (κ1) is 9.15. The first-order valence-electron chi connectivity index (χ1n) is 4.47. The molecule has 0 radical (unpaired) electrons. The number of carbonyl (C=O) groups is 1. The predicted molar refractivity (Wildman–Crippen MR) is 48.9 cm³/mol. The Bertz CT molecular complexity index is 240. The molecular weight excluding hydrogens is 190 g/mol. The number of carboxylic acids is 1. The summed E-state index contributed by atoms with van der Waals surface area (Å²) in [5.41, 5.74) is 0. The van der Waals surface area contributed by atoms with Crippen LogP contribution >= 0.6 is 0 Å². The summed E-state index contributed by atoms with van der Waals surface area (Å²) in [5, 5.41) is 12.2. The van der Waals surface area contributed by atoms with Crippen molar-refractivity contribution in [3.8, 4) is 0 Å².